The molecule has 0 aliphatic heterocycles. The van der Waals surface area contributed by atoms with E-state index >= 15 is 0 Å². The molecular formula is C16H23NO4. The van der Waals surface area contributed by atoms with Crippen LogP contribution in [0.1, 0.15) is 44.1 Å². The first-order chi connectivity index (χ1) is 10.0. The number of carbonyl (C=O) groups excluding carboxylic acids is 1. The maximum Gasteiger partial charge on any atom is 0.303 e. The van der Waals surface area contributed by atoms with Crippen LogP contribution in [0.3, 0.4) is 0 Å². The molecule has 1 aromatic carbocycles. The highest BCUT2D eigenvalue weighted by Crippen LogP contribution is 2.21. The molecule has 0 aliphatic carbocycles. The first kappa shape index (κ1) is 17.0. The van der Waals surface area contributed by atoms with Crippen molar-refractivity contribution < 1.29 is 19.4 Å². The SMILES string of the molecule is COc1ccc(C(C)CC(=O)NCCCCC(=O)O)cc1. The minimum atomic E-state index is -0.797. The Morgan fingerprint density at radius 1 is 1.24 bits per heavy atom. The topological polar surface area (TPSA) is 75.6 Å². The van der Waals surface area contributed by atoms with Gasteiger partial charge in [0.2, 0.25) is 5.91 Å². The molecule has 5 heteroatoms. The Morgan fingerprint density at radius 3 is 2.48 bits per heavy atom. The van der Waals surface area contributed by atoms with Crippen LogP contribution in [0.5, 0.6) is 5.75 Å². The summed E-state index contributed by atoms with van der Waals surface area (Å²) in [6.07, 6.45) is 1.85. The lowest BCUT2D eigenvalue weighted by Gasteiger charge is -2.12. The summed E-state index contributed by atoms with van der Waals surface area (Å²) in [5, 5.41) is 11.3. The van der Waals surface area contributed by atoms with Crippen LogP contribution >= 0.6 is 0 Å². The number of carboxylic acids is 1. The fourth-order valence-corrected chi connectivity index (χ4v) is 2.03. The highest BCUT2D eigenvalue weighted by Gasteiger charge is 2.11. The summed E-state index contributed by atoms with van der Waals surface area (Å²) < 4.78 is 5.10. The van der Waals surface area contributed by atoms with Crippen molar-refractivity contribution >= 4 is 11.9 Å². The van der Waals surface area contributed by atoms with Gasteiger partial charge in [-0.3, -0.25) is 9.59 Å². The van der Waals surface area contributed by atoms with E-state index in [4.69, 9.17) is 9.84 Å². The van der Waals surface area contributed by atoms with Gasteiger partial charge >= 0.3 is 5.97 Å². The van der Waals surface area contributed by atoms with E-state index in [0.29, 0.717) is 25.8 Å². The molecule has 0 saturated carbocycles. The van der Waals surface area contributed by atoms with Crippen LogP contribution in [0.2, 0.25) is 0 Å². The molecule has 0 aliphatic rings. The average molecular weight is 293 g/mol. The normalized spacial score (nSPS) is 11.7. The van der Waals surface area contributed by atoms with Crippen LogP contribution in [-0.4, -0.2) is 30.6 Å². The Balaban J connectivity index is 2.28. The number of amides is 1. The van der Waals surface area contributed by atoms with Gasteiger partial charge in [0.25, 0.3) is 0 Å². The molecule has 1 atom stereocenters. The Morgan fingerprint density at radius 2 is 1.90 bits per heavy atom. The van der Waals surface area contributed by atoms with Gasteiger partial charge in [-0.05, 0) is 36.5 Å². The largest absolute Gasteiger partial charge is 0.497 e. The third-order valence-electron chi connectivity index (χ3n) is 3.32. The number of unbranched alkanes of at least 4 members (excludes halogenated alkanes) is 1. The molecule has 0 bridgehead atoms. The number of benzene rings is 1. The maximum atomic E-state index is 11.8. The van der Waals surface area contributed by atoms with Crippen molar-refractivity contribution in [3.8, 4) is 5.75 Å². The van der Waals surface area contributed by atoms with E-state index in [1.54, 1.807) is 7.11 Å². The predicted octanol–water partition coefficient (Wildman–Crippen LogP) is 2.56. The van der Waals surface area contributed by atoms with Crippen molar-refractivity contribution in [2.24, 2.45) is 0 Å². The number of hydrogen-bond acceptors (Lipinski definition) is 3. The fourth-order valence-electron chi connectivity index (χ4n) is 2.03. The van der Waals surface area contributed by atoms with Gasteiger partial charge in [-0.15, -0.1) is 0 Å². The number of ether oxygens (including phenoxy) is 1. The second kappa shape index (κ2) is 9.00. The van der Waals surface area contributed by atoms with E-state index in [1.165, 1.54) is 0 Å². The van der Waals surface area contributed by atoms with Gasteiger partial charge in [-0.1, -0.05) is 19.1 Å². The standard InChI is InChI=1S/C16H23NO4/c1-12(13-6-8-14(21-2)9-7-13)11-15(18)17-10-4-3-5-16(19)20/h6-9,12H,3-5,10-11H2,1-2H3,(H,17,18)(H,19,20). The Kier molecular flexibility index (Phi) is 7.29. The lowest BCUT2D eigenvalue weighted by Crippen LogP contribution is -2.25. The molecule has 21 heavy (non-hydrogen) atoms. The number of carboxylic acid groups (broad SMARTS) is 1. The van der Waals surface area contributed by atoms with E-state index in [1.807, 2.05) is 31.2 Å². The minimum absolute atomic E-state index is 0.00589. The van der Waals surface area contributed by atoms with Crippen molar-refractivity contribution in [2.75, 3.05) is 13.7 Å². The van der Waals surface area contributed by atoms with Crippen molar-refractivity contribution in [2.45, 2.75) is 38.5 Å². The van der Waals surface area contributed by atoms with Crippen molar-refractivity contribution in [1.29, 1.82) is 0 Å². The lowest BCUT2D eigenvalue weighted by atomic mass is 9.97. The van der Waals surface area contributed by atoms with Crippen LogP contribution in [0.25, 0.3) is 0 Å². The molecular weight excluding hydrogens is 270 g/mol. The maximum absolute atomic E-state index is 11.8. The molecule has 0 heterocycles. The quantitative estimate of drug-likeness (QED) is 0.686. The van der Waals surface area contributed by atoms with Gasteiger partial charge in [-0.25, -0.2) is 0 Å². The minimum Gasteiger partial charge on any atom is -0.497 e. The van der Waals surface area contributed by atoms with Gasteiger partial charge in [0.1, 0.15) is 5.75 Å². The van der Waals surface area contributed by atoms with Crippen LogP contribution < -0.4 is 10.1 Å². The first-order valence-corrected chi connectivity index (χ1v) is 7.15. The Bertz CT molecular complexity index is 456. The summed E-state index contributed by atoms with van der Waals surface area (Å²) in [5.74, 6) is 0.131. The van der Waals surface area contributed by atoms with E-state index < -0.39 is 5.97 Å². The Hall–Kier alpha value is -2.04. The van der Waals surface area contributed by atoms with E-state index in [0.717, 1.165) is 11.3 Å². The number of carbonyl (C=O) groups is 2. The Labute approximate surface area is 125 Å². The number of aliphatic carboxylic acids is 1. The molecule has 1 unspecified atom stereocenters. The highest BCUT2D eigenvalue weighted by molar-refractivity contribution is 5.76. The zero-order chi connectivity index (χ0) is 15.7. The molecule has 116 valence electrons. The third kappa shape index (κ3) is 6.79. The summed E-state index contributed by atoms with van der Waals surface area (Å²) in [7, 11) is 1.62. The summed E-state index contributed by atoms with van der Waals surface area (Å²) in [5.41, 5.74) is 1.09. The molecule has 1 amide bonds. The zero-order valence-electron chi connectivity index (χ0n) is 12.6. The summed E-state index contributed by atoms with van der Waals surface area (Å²) in [6.45, 7) is 2.53. The third-order valence-corrected chi connectivity index (χ3v) is 3.32. The zero-order valence-corrected chi connectivity index (χ0v) is 12.6. The van der Waals surface area contributed by atoms with E-state index in [9.17, 15) is 9.59 Å². The van der Waals surface area contributed by atoms with Gasteiger partial charge in [0.05, 0.1) is 7.11 Å². The molecule has 0 radical (unpaired) electrons. The second-order valence-corrected chi connectivity index (χ2v) is 5.08. The van der Waals surface area contributed by atoms with Gasteiger partial charge in [0.15, 0.2) is 0 Å². The van der Waals surface area contributed by atoms with Gasteiger partial charge < -0.3 is 15.2 Å². The van der Waals surface area contributed by atoms with Crippen molar-refractivity contribution in [3.63, 3.8) is 0 Å². The monoisotopic (exact) mass is 293 g/mol. The van der Waals surface area contributed by atoms with Crippen LogP contribution in [0.15, 0.2) is 24.3 Å². The highest BCUT2D eigenvalue weighted by atomic mass is 16.5. The lowest BCUT2D eigenvalue weighted by molar-refractivity contribution is -0.137. The van der Waals surface area contributed by atoms with E-state index in [2.05, 4.69) is 5.32 Å². The molecule has 5 nitrogen and oxygen atoms in total. The van der Waals surface area contributed by atoms with Crippen LogP contribution in [0, 0.1) is 0 Å². The summed E-state index contributed by atoms with van der Waals surface area (Å²) in [4.78, 5) is 22.1. The molecule has 1 aromatic rings. The second-order valence-electron chi connectivity index (χ2n) is 5.08. The average Bonchev–Trinajstić information content (AvgIpc) is 2.46. The number of hydrogen-bond donors (Lipinski definition) is 2. The van der Waals surface area contributed by atoms with Gasteiger partial charge in [0, 0.05) is 19.4 Å². The molecule has 2 N–H and O–H groups in total. The number of methoxy groups -OCH3 is 1. The molecule has 1 rings (SSSR count). The summed E-state index contributed by atoms with van der Waals surface area (Å²) in [6, 6.07) is 7.69. The summed E-state index contributed by atoms with van der Waals surface area (Å²) >= 11 is 0. The smallest absolute Gasteiger partial charge is 0.303 e. The van der Waals surface area contributed by atoms with Crippen molar-refractivity contribution in [3.05, 3.63) is 29.8 Å². The first-order valence-electron chi connectivity index (χ1n) is 7.15. The fraction of sp³-hybridized carbons (Fsp3) is 0.500. The molecule has 0 spiro atoms. The van der Waals surface area contributed by atoms with Crippen LogP contribution in [0.4, 0.5) is 0 Å². The number of nitrogens with one attached hydrogen (secondary N) is 1. The van der Waals surface area contributed by atoms with Crippen molar-refractivity contribution in [1.82, 2.24) is 5.32 Å². The molecule has 0 fully saturated rings. The van der Waals surface area contributed by atoms with Gasteiger partial charge in [-0.2, -0.15) is 0 Å². The molecule has 0 saturated heterocycles. The van der Waals surface area contributed by atoms with Crippen LogP contribution in [-0.2, 0) is 9.59 Å². The predicted molar refractivity (Wildman–Crippen MR) is 80.5 cm³/mol. The molecule has 0 aromatic heterocycles. The van der Waals surface area contributed by atoms with E-state index in [-0.39, 0.29) is 18.2 Å². The number of rotatable bonds is 9.